The van der Waals surface area contributed by atoms with Crippen molar-refractivity contribution in [1.82, 2.24) is 0 Å². The summed E-state index contributed by atoms with van der Waals surface area (Å²) in [5.74, 6) is 0.785. The number of fused-ring (bicyclic) bond motifs is 1. The number of nitriles is 1. The number of hydrogen-bond acceptors (Lipinski definition) is 5. The molecule has 27 heavy (non-hydrogen) atoms. The largest absolute Gasteiger partial charge is 0.493 e. The minimum Gasteiger partial charge on any atom is -0.493 e. The van der Waals surface area contributed by atoms with Crippen molar-refractivity contribution in [3.05, 3.63) is 52.4 Å². The van der Waals surface area contributed by atoms with Gasteiger partial charge >= 0.3 is 0 Å². The van der Waals surface area contributed by atoms with E-state index in [-0.39, 0.29) is 5.91 Å². The zero-order valence-corrected chi connectivity index (χ0v) is 16.3. The third kappa shape index (κ3) is 3.99. The molecule has 0 fully saturated rings. The lowest BCUT2D eigenvalue weighted by Crippen LogP contribution is -2.30. The van der Waals surface area contributed by atoms with E-state index in [1.807, 2.05) is 18.2 Å². The summed E-state index contributed by atoms with van der Waals surface area (Å²) in [6.45, 7) is 5.41. The number of rotatable bonds is 7. The maximum absolute atomic E-state index is 12.6. The maximum atomic E-state index is 12.6. The number of hydrogen-bond donors (Lipinski definition) is 1. The second-order valence-corrected chi connectivity index (χ2v) is 7.51. The van der Waals surface area contributed by atoms with Crippen molar-refractivity contribution in [2.24, 2.45) is 0 Å². The molecule has 0 aliphatic heterocycles. The number of allylic oxidation sites excluding steroid dienone is 1. The normalized spacial score (nSPS) is 13.4. The highest BCUT2D eigenvalue weighted by Gasteiger charge is 2.25. The second kappa shape index (κ2) is 8.28. The summed E-state index contributed by atoms with van der Waals surface area (Å²) in [4.78, 5) is 13.8. The first-order valence-electron chi connectivity index (χ1n) is 8.87. The average molecular weight is 382 g/mol. The Morgan fingerprint density at radius 2 is 2.26 bits per heavy atom. The van der Waals surface area contributed by atoms with Gasteiger partial charge in [-0.25, -0.2) is 0 Å². The van der Waals surface area contributed by atoms with Crippen LogP contribution in [0, 0.1) is 11.3 Å². The predicted octanol–water partition coefficient (Wildman–Crippen LogP) is 4.25. The van der Waals surface area contributed by atoms with Gasteiger partial charge in [-0.1, -0.05) is 12.1 Å². The van der Waals surface area contributed by atoms with E-state index in [4.69, 9.17) is 9.47 Å². The fourth-order valence-electron chi connectivity index (χ4n) is 3.17. The summed E-state index contributed by atoms with van der Waals surface area (Å²) in [5, 5.41) is 12.9. The van der Waals surface area contributed by atoms with Gasteiger partial charge in [-0.3, -0.25) is 4.79 Å². The van der Waals surface area contributed by atoms with E-state index in [1.165, 1.54) is 16.2 Å². The number of carbonyl (C=O) groups excluding carboxylic acids is 1. The van der Waals surface area contributed by atoms with Gasteiger partial charge in [0.25, 0.3) is 5.91 Å². The van der Waals surface area contributed by atoms with Gasteiger partial charge in [-0.2, -0.15) is 5.26 Å². The molecule has 5 nitrogen and oxygen atoms in total. The summed E-state index contributed by atoms with van der Waals surface area (Å²) >= 11 is 1.50. The number of methoxy groups -OCH3 is 1. The van der Waals surface area contributed by atoms with Crippen LogP contribution < -0.4 is 14.8 Å². The molecule has 1 amide bonds. The number of thiophene rings is 1. The molecule has 1 aromatic carbocycles. The monoisotopic (exact) mass is 382 g/mol. The molecule has 1 aliphatic rings. The number of nitrogens with zero attached hydrogens (tertiary/aromatic N) is 1. The first-order chi connectivity index (χ1) is 13.1. The van der Waals surface area contributed by atoms with Crippen LogP contribution in [0.4, 0.5) is 5.00 Å². The topological polar surface area (TPSA) is 71.3 Å². The lowest BCUT2D eigenvalue weighted by molar-refractivity contribution is -0.122. The van der Waals surface area contributed by atoms with Crippen LogP contribution in [0.1, 0.15) is 34.9 Å². The molecule has 0 bridgehead atoms. The smallest absolute Gasteiger partial charge is 0.265 e. The molecule has 0 radical (unpaired) electrons. The van der Waals surface area contributed by atoms with Crippen molar-refractivity contribution in [2.45, 2.75) is 38.7 Å². The Morgan fingerprint density at radius 3 is 2.96 bits per heavy atom. The van der Waals surface area contributed by atoms with E-state index in [9.17, 15) is 10.1 Å². The van der Waals surface area contributed by atoms with Crippen LogP contribution in [0.3, 0.4) is 0 Å². The van der Waals surface area contributed by atoms with Gasteiger partial charge < -0.3 is 14.8 Å². The summed E-state index contributed by atoms with van der Waals surface area (Å²) in [5.41, 5.74) is 2.74. The molecule has 1 heterocycles. The quantitative estimate of drug-likeness (QED) is 0.727. The van der Waals surface area contributed by atoms with E-state index in [1.54, 1.807) is 20.1 Å². The third-order valence-electron chi connectivity index (χ3n) is 4.55. The zero-order valence-electron chi connectivity index (χ0n) is 15.5. The number of anilines is 1. The van der Waals surface area contributed by atoms with Gasteiger partial charge in [-0.05, 0) is 55.9 Å². The highest BCUT2D eigenvalue weighted by molar-refractivity contribution is 7.16. The first-order valence-corrected chi connectivity index (χ1v) is 9.69. The van der Waals surface area contributed by atoms with Gasteiger partial charge in [-0.15, -0.1) is 17.9 Å². The van der Waals surface area contributed by atoms with Crippen molar-refractivity contribution in [2.75, 3.05) is 12.4 Å². The van der Waals surface area contributed by atoms with Gasteiger partial charge in [0.1, 0.15) is 11.1 Å². The zero-order chi connectivity index (χ0) is 19.4. The van der Waals surface area contributed by atoms with Gasteiger partial charge in [0.15, 0.2) is 17.6 Å². The van der Waals surface area contributed by atoms with Crippen LogP contribution >= 0.6 is 11.3 Å². The highest BCUT2D eigenvalue weighted by Crippen LogP contribution is 2.38. The van der Waals surface area contributed by atoms with Crippen molar-refractivity contribution >= 4 is 22.2 Å². The number of carbonyl (C=O) groups is 1. The average Bonchev–Trinajstić information content (AvgIpc) is 3.23. The van der Waals surface area contributed by atoms with Crippen molar-refractivity contribution in [3.63, 3.8) is 0 Å². The van der Waals surface area contributed by atoms with Crippen LogP contribution in [-0.4, -0.2) is 19.1 Å². The van der Waals surface area contributed by atoms with Gasteiger partial charge in [0.05, 0.1) is 12.7 Å². The Kier molecular flexibility index (Phi) is 5.82. The molecular weight excluding hydrogens is 360 g/mol. The summed E-state index contributed by atoms with van der Waals surface area (Å²) < 4.78 is 11.2. The Hall–Kier alpha value is -2.78. The standard InChI is InChI=1S/C21H22N2O3S/c1-4-6-14-9-10-17(18(11-14)25-3)26-13(2)20(24)23-21-16(12-22)15-7-5-8-19(15)27-21/h4,9-11,13H,1,5-8H2,2-3H3,(H,23,24). The number of aryl methyl sites for hydroxylation is 1. The van der Waals surface area contributed by atoms with E-state index < -0.39 is 6.10 Å². The Balaban J connectivity index is 1.72. The van der Waals surface area contributed by atoms with Crippen LogP contribution in [-0.2, 0) is 24.1 Å². The molecule has 1 N–H and O–H groups in total. The molecular formula is C21H22N2O3S. The molecule has 140 valence electrons. The summed E-state index contributed by atoms with van der Waals surface area (Å²) in [6.07, 6.45) is 4.78. The number of benzene rings is 1. The van der Waals surface area contributed by atoms with E-state index in [0.29, 0.717) is 22.1 Å². The molecule has 0 saturated carbocycles. The molecule has 1 unspecified atom stereocenters. The first kappa shape index (κ1) is 19.0. The molecule has 1 aromatic heterocycles. The van der Waals surface area contributed by atoms with E-state index in [0.717, 1.165) is 36.8 Å². The molecule has 3 rings (SSSR count). The Morgan fingerprint density at radius 1 is 1.44 bits per heavy atom. The lowest BCUT2D eigenvalue weighted by Gasteiger charge is -2.17. The highest BCUT2D eigenvalue weighted by atomic mass is 32.1. The summed E-state index contributed by atoms with van der Waals surface area (Å²) in [6, 6.07) is 7.82. The molecule has 1 aliphatic carbocycles. The fraction of sp³-hybridized carbons (Fsp3) is 0.333. The Bertz CT molecular complexity index is 911. The van der Waals surface area contributed by atoms with Crippen LogP contribution in [0.25, 0.3) is 0 Å². The molecule has 2 aromatic rings. The predicted molar refractivity (Wildman–Crippen MR) is 107 cm³/mol. The lowest BCUT2D eigenvalue weighted by atomic mass is 10.1. The maximum Gasteiger partial charge on any atom is 0.265 e. The van der Waals surface area contributed by atoms with Gasteiger partial charge in [0.2, 0.25) is 0 Å². The minimum absolute atomic E-state index is 0.288. The molecule has 1 atom stereocenters. The van der Waals surface area contributed by atoms with E-state index >= 15 is 0 Å². The molecule has 6 heteroatoms. The van der Waals surface area contributed by atoms with Crippen LogP contribution in [0.15, 0.2) is 30.9 Å². The minimum atomic E-state index is -0.729. The SMILES string of the molecule is C=CCc1ccc(OC(C)C(=O)Nc2sc3c(c2C#N)CCC3)c(OC)c1. The number of nitrogens with one attached hydrogen (secondary N) is 1. The summed E-state index contributed by atoms with van der Waals surface area (Å²) in [7, 11) is 1.57. The number of ether oxygens (including phenoxy) is 2. The van der Waals surface area contributed by atoms with Crippen LogP contribution in [0.5, 0.6) is 11.5 Å². The van der Waals surface area contributed by atoms with Crippen molar-refractivity contribution < 1.29 is 14.3 Å². The third-order valence-corrected chi connectivity index (χ3v) is 5.76. The van der Waals surface area contributed by atoms with E-state index in [2.05, 4.69) is 18.0 Å². The Labute approximate surface area is 163 Å². The van der Waals surface area contributed by atoms with Gasteiger partial charge in [0, 0.05) is 4.88 Å². The van der Waals surface area contributed by atoms with Crippen LogP contribution in [0.2, 0.25) is 0 Å². The fourth-order valence-corrected chi connectivity index (χ4v) is 4.41. The van der Waals surface area contributed by atoms with Crippen molar-refractivity contribution in [3.8, 4) is 17.6 Å². The van der Waals surface area contributed by atoms with Crippen molar-refractivity contribution in [1.29, 1.82) is 5.26 Å². The molecule has 0 saturated heterocycles. The number of amides is 1. The second-order valence-electron chi connectivity index (χ2n) is 6.40. The molecule has 0 spiro atoms.